The molecule has 15 aromatic rings. The maximum absolute atomic E-state index is 13.0. The number of hydrogen-bond acceptors (Lipinski definition) is 16. The molecule has 2 saturated heterocycles. The SMILES string of the molecule is Clc1ccc(C2(c3ccc4noc(-c5cccc(I)c5)c4c3)OCCO2)s1.Cn1c(=O)cc(-c2cccc(I)c2)c2cc(C(=O)c3ccc(Cl)s3)ccc21.Nc1ccc(C2(c3ccc(Cl)s3)OCCO2)cc1C(=O)c1cccc(I)c1.O=C(c1ccc2[nH]c(=O)cc(-c3cccc(I)c3)c2c1)c1ccc(Cl)s1. The number of ketones is 3. The monoisotopic (exact) mass is 2020 g/mol. The van der Waals surface area contributed by atoms with Gasteiger partial charge in [0.1, 0.15) is 5.52 Å². The maximum Gasteiger partial charge on any atom is 0.251 e. The number of nitrogens with two attached hydrogens (primary N) is 1. The molecule has 9 heterocycles. The minimum absolute atomic E-state index is 0.0729. The fourth-order valence-electron chi connectivity index (χ4n) is 12.4. The summed E-state index contributed by atoms with van der Waals surface area (Å²) in [6.45, 7) is 1.97. The summed E-state index contributed by atoms with van der Waals surface area (Å²) < 4.78 is 38.3. The number of thiophene rings is 4. The number of pyridine rings is 2. The van der Waals surface area contributed by atoms with Crippen LogP contribution >= 0.6 is 182 Å². The quantitative estimate of drug-likeness (QED) is 0.0631. The largest absolute Gasteiger partial charge is 0.398 e. The van der Waals surface area contributed by atoms with Gasteiger partial charge in [0.15, 0.2) is 11.5 Å². The Morgan fingerprint density at radius 1 is 0.467 bits per heavy atom. The molecule has 536 valence electrons. The summed E-state index contributed by atoms with van der Waals surface area (Å²) >= 11 is 38.6. The Morgan fingerprint density at radius 2 is 0.944 bits per heavy atom. The second kappa shape index (κ2) is 33.4. The third-order valence-corrected chi connectivity index (χ3v) is 25.1. The Balaban J connectivity index is 0.000000120. The molecule has 0 saturated carbocycles. The number of hydrogen-bond donors (Lipinski definition) is 2. The Morgan fingerprint density at radius 3 is 1.48 bits per heavy atom. The highest BCUT2D eigenvalue weighted by molar-refractivity contribution is 14.1. The zero-order valence-electron chi connectivity index (χ0n) is 55.5. The third-order valence-electron chi connectivity index (χ3n) is 17.4. The van der Waals surface area contributed by atoms with Crippen molar-refractivity contribution in [2.75, 3.05) is 32.2 Å². The van der Waals surface area contributed by atoms with Gasteiger partial charge >= 0.3 is 0 Å². The maximum atomic E-state index is 13.0. The molecule has 107 heavy (non-hydrogen) atoms. The van der Waals surface area contributed by atoms with Crippen molar-refractivity contribution in [3.8, 4) is 33.6 Å². The molecule has 0 atom stereocenters. The van der Waals surface area contributed by atoms with Gasteiger partial charge in [-0.2, -0.15) is 0 Å². The molecule has 7 aromatic heterocycles. The fraction of sp³-hybridized carbons (Fsp3) is 0.0864. The van der Waals surface area contributed by atoms with E-state index in [0.717, 1.165) is 95.9 Å². The van der Waals surface area contributed by atoms with Crippen LogP contribution in [0.15, 0.2) is 245 Å². The van der Waals surface area contributed by atoms with Gasteiger partial charge in [-0.15, -0.1) is 45.3 Å². The van der Waals surface area contributed by atoms with Crippen molar-refractivity contribution in [3.05, 3.63) is 336 Å². The van der Waals surface area contributed by atoms with Crippen LogP contribution in [-0.2, 0) is 37.6 Å². The lowest BCUT2D eigenvalue weighted by atomic mass is 9.95. The number of halogens is 8. The Labute approximate surface area is 702 Å². The molecule has 2 fully saturated rings. The fourth-order valence-corrected chi connectivity index (χ4v) is 18.9. The first-order valence-corrected chi connectivity index (χ1v) is 41.6. The molecule has 0 spiro atoms. The number of ether oxygens (including phenoxy) is 4. The molecule has 0 unspecified atom stereocenters. The molecule has 17 rings (SSSR count). The third kappa shape index (κ3) is 16.8. The molecule has 14 nitrogen and oxygen atoms in total. The van der Waals surface area contributed by atoms with E-state index in [1.54, 1.807) is 84.4 Å². The zero-order chi connectivity index (χ0) is 74.8. The van der Waals surface area contributed by atoms with E-state index in [9.17, 15) is 24.0 Å². The van der Waals surface area contributed by atoms with Gasteiger partial charge in [0, 0.05) is 94.4 Å². The number of fused-ring (bicyclic) bond motifs is 3. The van der Waals surface area contributed by atoms with Crippen molar-refractivity contribution >= 4 is 238 Å². The van der Waals surface area contributed by atoms with Gasteiger partial charge in [-0.05, 0) is 270 Å². The van der Waals surface area contributed by atoms with Crippen molar-refractivity contribution in [1.29, 1.82) is 0 Å². The number of aromatic amines is 1. The number of H-pyrrole nitrogens is 1. The topological polar surface area (TPSA) is 195 Å². The van der Waals surface area contributed by atoms with E-state index in [4.69, 9.17) is 75.6 Å². The van der Waals surface area contributed by atoms with Crippen LogP contribution < -0.4 is 16.9 Å². The summed E-state index contributed by atoms with van der Waals surface area (Å²) in [5, 5.41) is 6.84. The lowest BCUT2D eigenvalue weighted by Crippen LogP contribution is -2.28. The van der Waals surface area contributed by atoms with Gasteiger partial charge < -0.3 is 38.8 Å². The predicted octanol–water partition coefficient (Wildman–Crippen LogP) is 22.6. The lowest BCUT2D eigenvalue weighted by molar-refractivity contribution is -0.127. The molecule has 26 heteroatoms. The summed E-state index contributed by atoms with van der Waals surface area (Å²) in [4.78, 5) is 68.9. The molecule has 3 N–H and O–H groups in total. The van der Waals surface area contributed by atoms with Crippen LogP contribution in [0, 0.1) is 14.3 Å². The number of aryl methyl sites for hydroxylation is 1. The first-order valence-electron chi connectivity index (χ1n) is 32.5. The molecule has 8 aromatic carbocycles. The Kier molecular flexibility index (Phi) is 24.0. The summed E-state index contributed by atoms with van der Waals surface area (Å²) in [7, 11) is 1.74. The van der Waals surface area contributed by atoms with Crippen molar-refractivity contribution in [1.82, 2.24) is 14.7 Å². The first kappa shape index (κ1) is 76.9. The molecular weight excluding hydrogens is 1970 g/mol. The van der Waals surface area contributed by atoms with Gasteiger partial charge in [-0.1, -0.05) is 112 Å². The van der Waals surface area contributed by atoms with Crippen molar-refractivity contribution in [3.63, 3.8) is 0 Å². The Hall–Kier alpha value is -6.82. The van der Waals surface area contributed by atoms with Crippen molar-refractivity contribution in [2.24, 2.45) is 7.05 Å². The lowest BCUT2D eigenvalue weighted by Gasteiger charge is -2.27. The van der Waals surface area contributed by atoms with E-state index in [1.165, 1.54) is 45.3 Å². The number of anilines is 1. The first-order chi connectivity index (χ1) is 51.6. The van der Waals surface area contributed by atoms with Gasteiger partial charge in [-0.25, -0.2) is 0 Å². The second-order valence-electron chi connectivity index (χ2n) is 24.1. The smallest absolute Gasteiger partial charge is 0.251 e. The van der Waals surface area contributed by atoms with Gasteiger partial charge in [0.25, 0.3) is 5.56 Å². The summed E-state index contributed by atoms with van der Waals surface area (Å²) in [6.07, 6.45) is 0. The number of aromatic nitrogens is 3. The molecular formula is C81H52Cl4I4N4O10S4. The van der Waals surface area contributed by atoms with Crippen LogP contribution in [0.25, 0.3) is 66.3 Å². The summed E-state index contributed by atoms with van der Waals surface area (Å²) in [5.74, 6) is -1.55. The van der Waals surface area contributed by atoms with Gasteiger partial charge in [0.05, 0.1) is 74.2 Å². The number of rotatable bonds is 13. The van der Waals surface area contributed by atoms with Crippen LogP contribution in [0.5, 0.6) is 0 Å². The van der Waals surface area contributed by atoms with Crippen LogP contribution in [0.1, 0.15) is 67.3 Å². The standard InChI is InChI=1S/C21H13ClINO2S.C20H13ClINO3S.C20H15ClINO3S.C20H11ClINO2S/c1-24-17-6-5-13(21(26)18-7-8-19(22)27-18)10-16(17)15(11-20(24)25)12-3-2-4-14(23)9-12;21-18-7-6-17(27-18)20(24-8-9-25-20)13-4-5-16-15(11-13)19(26-23-16)12-2-1-3-14(22)10-12;21-18-7-6-17(27-18)20(25-8-9-26-20)13-4-5-16(23)15(11-13)19(24)12-2-1-3-14(22)10-12;21-18-7-6-17(26-18)20(25)12-4-5-16-15(9-12)14(10-19(24)23-16)11-2-1-3-13(22)8-11/h2-11H,1H3;1-7,10-11H,8-9H2;1-7,10-11H,8-9,23H2;1-10H,(H,23,24). The molecule has 0 radical (unpaired) electrons. The predicted molar refractivity (Wildman–Crippen MR) is 465 cm³/mol. The van der Waals surface area contributed by atoms with E-state index < -0.39 is 11.6 Å². The van der Waals surface area contributed by atoms with Gasteiger partial charge in [-0.3, -0.25) is 24.0 Å². The van der Waals surface area contributed by atoms with E-state index >= 15 is 0 Å². The average molecular weight is 2020 g/mol. The summed E-state index contributed by atoms with van der Waals surface area (Å²) in [5.41, 5.74) is 16.9. The highest BCUT2D eigenvalue weighted by Gasteiger charge is 2.44. The number of nitrogens with zero attached hydrogens (tertiary/aromatic N) is 2. The number of carbonyl (C=O) groups excluding carboxylic acids is 3. The average Bonchev–Trinajstić information content (AvgIpc) is 1.71. The minimum Gasteiger partial charge on any atom is -0.398 e. The number of carbonyl (C=O) groups is 3. The normalized spacial score (nSPS) is 13.5. The van der Waals surface area contributed by atoms with Crippen molar-refractivity contribution < 1.29 is 37.9 Å². The summed E-state index contributed by atoms with van der Waals surface area (Å²) in [6, 6.07) is 71.1. The van der Waals surface area contributed by atoms with Crippen LogP contribution in [0.3, 0.4) is 0 Å². The molecule has 0 amide bonds. The van der Waals surface area contributed by atoms with Crippen LogP contribution in [-0.4, -0.2) is 58.5 Å². The van der Waals surface area contributed by atoms with Crippen LogP contribution in [0.4, 0.5) is 5.69 Å². The van der Waals surface area contributed by atoms with Gasteiger partial charge in [0.2, 0.25) is 28.7 Å². The number of nitrogen functional groups attached to an aromatic ring is 1. The molecule has 2 aliphatic rings. The minimum atomic E-state index is -1.06. The molecule has 2 aliphatic heterocycles. The zero-order valence-corrected chi connectivity index (χ0v) is 70.4. The van der Waals surface area contributed by atoms with E-state index in [1.807, 2.05) is 152 Å². The molecule has 0 bridgehead atoms. The van der Waals surface area contributed by atoms with Crippen LogP contribution in [0.2, 0.25) is 17.3 Å². The highest BCUT2D eigenvalue weighted by atomic mass is 127. The number of benzene rings is 8. The van der Waals surface area contributed by atoms with E-state index in [0.29, 0.717) is 87.0 Å². The highest BCUT2D eigenvalue weighted by Crippen LogP contribution is 2.46. The van der Waals surface area contributed by atoms with Crippen molar-refractivity contribution in [2.45, 2.75) is 11.6 Å². The number of nitrogens with one attached hydrogen (secondary N) is 1. The molecule has 0 aliphatic carbocycles. The Bertz CT molecular complexity index is 6080. The second-order valence-corrected chi connectivity index (χ2v) is 36.0. The van der Waals surface area contributed by atoms with E-state index in [-0.39, 0.29) is 28.5 Å². The van der Waals surface area contributed by atoms with E-state index in [2.05, 4.69) is 107 Å².